The second-order valence-electron chi connectivity index (χ2n) is 4.85. The summed E-state index contributed by atoms with van der Waals surface area (Å²) in [6.07, 6.45) is 2.27. The van der Waals surface area contributed by atoms with Crippen LogP contribution in [-0.4, -0.2) is 7.05 Å². The maximum absolute atomic E-state index is 6.31. The highest BCUT2D eigenvalue weighted by atomic mass is 35.5. The summed E-state index contributed by atoms with van der Waals surface area (Å²) >= 11 is 12.6. The summed E-state index contributed by atoms with van der Waals surface area (Å²) in [5.41, 5.74) is 3.46. The fourth-order valence-electron chi connectivity index (χ4n) is 2.43. The van der Waals surface area contributed by atoms with Crippen molar-refractivity contribution in [1.82, 2.24) is 5.32 Å². The summed E-state index contributed by atoms with van der Waals surface area (Å²) in [6.45, 7) is 2.19. The molecule has 0 aliphatic heterocycles. The molecule has 2 rings (SSSR count). The molecule has 3 heteroatoms. The van der Waals surface area contributed by atoms with Gasteiger partial charge in [-0.05, 0) is 36.7 Å². The van der Waals surface area contributed by atoms with Gasteiger partial charge in [0.15, 0.2) is 0 Å². The summed E-state index contributed by atoms with van der Waals surface area (Å²) in [6, 6.07) is 14.3. The van der Waals surface area contributed by atoms with E-state index in [1.165, 1.54) is 11.1 Å². The van der Waals surface area contributed by atoms with Crippen molar-refractivity contribution in [2.75, 3.05) is 7.05 Å². The van der Waals surface area contributed by atoms with Gasteiger partial charge in [0.2, 0.25) is 0 Å². The Bertz CT molecular complexity index is 543. The van der Waals surface area contributed by atoms with Crippen molar-refractivity contribution in [2.45, 2.75) is 25.8 Å². The van der Waals surface area contributed by atoms with Crippen LogP contribution >= 0.6 is 23.2 Å². The minimum absolute atomic E-state index is 0.00637. The van der Waals surface area contributed by atoms with E-state index in [4.69, 9.17) is 23.2 Å². The predicted octanol–water partition coefficient (Wildman–Crippen LogP) is 5.25. The Kier molecular flexibility index (Phi) is 5.47. The summed E-state index contributed by atoms with van der Waals surface area (Å²) in [5.74, 6) is 0. The molecule has 1 nitrogen and oxygen atoms in total. The summed E-state index contributed by atoms with van der Waals surface area (Å²) in [4.78, 5) is 0. The van der Waals surface area contributed by atoms with E-state index in [2.05, 4.69) is 36.5 Å². The van der Waals surface area contributed by atoms with Gasteiger partial charge < -0.3 is 5.32 Å². The van der Waals surface area contributed by atoms with Crippen molar-refractivity contribution < 1.29 is 0 Å². The summed E-state index contributed by atoms with van der Waals surface area (Å²) in [7, 11) is 1.92. The number of rotatable bonds is 5. The summed E-state index contributed by atoms with van der Waals surface area (Å²) < 4.78 is 0. The normalized spacial score (nSPS) is 12.4. The monoisotopic (exact) mass is 307 g/mol. The third kappa shape index (κ3) is 3.35. The van der Waals surface area contributed by atoms with Crippen LogP contribution in [0.25, 0.3) is 0 Å². The molecule has 0 amide bonds. The smallest absolute Gasteiger partial charge is 0.0603 e. The molecule has 0 aliphatic rings. The molecule has 1 N–H and O–H groups in total. The number of nitrogens with one attached hydrogen (secondary N) is 1. The minimum atomic E-state index is 0.00637. The Labute approximate surface area is 130 Å². The molecule has 0 saturated carbocycles. The van der Waals surface area contributed by atoms with Gasteiger partial charge >= 0.3 is 0 Å². The lowest BCUT2D eigenvalue weighted by Gasteiger charge is -2.20. The molecule has 20 heavy (non-hydrogen) atoms. The van der Waals surface area contributed by atoms with E-state index >= 15 is 0 Å². The molecule has 0 spiro atoms. The first-order valence-electron chi connectivity index (χ1n) is 6.87. The number of benzene rings is 2. The maximum atomic E-state index is 6.31. The average molecular weight is 308 g/mol. The first-order chi connectivity index (χ1) is 9.67. The first kappa shape index (κ1) is 15.4. The van der Waals surface area contributed by atoms with E-state index in [-0.39, 0.29) is 6.04 Å². The van der Waals surface area contributed by atoms with Gasteiger partial charge in [-0.3, -0.25) is 0 Å². The van der Waals surface area contributed by atoms with Gasteiger partial charge in [0.1, 0.15) is 0 Å². The molecule has 0 saturated heterocycles. The second-order valence-corrected chi connectivity index (χ2v) is 5.66. The lowest BCUT2D eigenvalue weighted by atomic mass is 9.97. The van der Waals surface area contributed by atoms with Crippen LogP contribution in [0.15, 0.2) is 42.5 Å². The van der Waals surface area contributed by atoms with Gasteiger partial charge in [0, 0.05) is 15.6 Å². The van der Waals surface area contributed by atoms with Gasteiger partial charge in [0.25, 0.3) is 0 Å². The highest BCUT2D eigenvalue weighted by Gasteiger charge is 2.18. The quantitative estimate of drug-likeness (QED) is 0.795. The van der Waals surface area contributed by atoms with Crippen molar-refractivity contribution in [3.05, 3.63) is 69.2 Å². The van der Waals surface area contributed by atoms with Crippen LogP contribution < -0.4 is 5.32 Å². The van der Waals surface area contributed by atoms with Gasteiger partial charge in [-0.25, -0.2) is 0 Å². The number of aryl methyl sites for hydroxylation is 1. The van der Waals surface area contributed by atoms with E-state index in [0.717, 1.165) is 18.4 Å². The van der Waals surface area contributed by atoms with Crippen LogP contribution in [0, 0.1) is 0 Å². The molecule has 0 fully saturated rings. The van der Waals surface area contributed by atoms with Crippen LogP contribution in [0.5, 0.6) is 0 Å². The minimum Gasteiger partial charge on any atom is -0.309 e. The standard InChI is InChI=1S/C17H19Cl2N/c1-3-5-12-8-10-13(11-9-12)17(20-2)16-14(18)6-4-7-15(16)19/h4,6-11,17,20H,3,5H2,1-2H3. The van der Waals surface area contributed by atoms with Crippen molar-refractivity contribution in [3.63, 3.8) is 0 Å². The van der Waals surface area contributed by atoms with Crippen LogP contribution in [-0.2, 0) is 6.42 Å². The molecule has 0 heterocycles. The molecular weight excluding hydrogens is 289 g/mol. The Morgan fingerprint density at radius 3 is 2.10 bits per heavy atom. The van der Waals surface area contributed by atoms with Gasteiger partial charge in [0.05, 0.1) is 6.04 Å². The fourth-order valence-corrected chi connectivity index (χ4v) is 3.05. The molecule has 0 bridgehead atoms. The Balaban J connectivity index is 2.37. The van der Waals surface area contributed by atoms with Gasteiger partial charge in [-0.15, -0.1) is 0 Å². The van der Waals surface area contributed by atoms with E-state index < -0.39 is 0 Å². The number of hydrogen-bond acceptors (Lipinski definition) is 1. The second kappa shape index (κ2) is 7.12. The lowest BCUT2D eigenvalue weighted by molar-refractivity contribution is 0.691. The van der Waals surface area contributed by atoms with E-state index in [1.807, 2.05) is 25.2 Å². The van der Waals surface area contributed by atoms with Crippen molar-refractivity contribution in [2.24, 2.45) is 0 Å². The molecule has 1 unspecified atom stereocenters. The number of hydrogen-bond donors (Lipinski definition) is 1. The zero-order valence-corrected chi connectivity index (χ0v) is 13.3. The fraction of sp³-hybridized carbons (Fsp3) is 0.294. The van der Waals surface area contributed by atoms with Crippen molar-refractivity contribution in [1.29, 1.82) is 0 Å². The third-order valence-corrected chi connectivity index (χ3v) is 4.09. The largest absolute Gasteiger partial charge is 0.309 e. The molecule has 0 aromatic heterocycles. The molecule has 2 aromatic rings. The SMILES string of the molecule is CCCc1ccc(C(NC)c2c(Cl)cccc2Cl)cc1. The van der Waals surface area contributed by atoms with Gasteiger partial charge in [-0.1, -0.05) is 66.9 Å². The highest BCUT2D eigenvalue weighted by molar-refractivity contribution is 6.36. The van der Waals surface area contributed by atoms with Crippen LogP contribution in [0.1, 0.15) is 36.1 Å². The molecule has 106 valence electrons. The number of halogens is 2. The third-order valence-electron chi connectivity index (χ3n) is 3.43. The highest BCUT2D eigenvalue weighted by Crippen LogP contribution is 2.33. The predicted molar refractivity (Wildman–Crippen MR) is 87.8 cm³/mol. The topological polar surface area (TPSA) is 12.0 Å². The Morgan fingerprint density at radius 2 is 1.60 bits per heavy atom. The Morgan fingerprint density at radius 1 is 1.00 bits per heavy atom. The van der Waals surface area contributed by atoms with Crippen molar-refractivity contribution >= 4 is 23.2 Å². The van der Waals surface area contributed by atoms with Crippen LogP contribution in [0.3, 0.4) is 0 Å². The van der Waals surface area contributed by atoms with E-state index in [1.54, 1.807) is 0 Å². The average Bonchev–Trinajstić information content (AvgIpc) is 2.45. The van der Waals surface area contributed by atoms with Crippen LogP contribution in [0.2, 0.25) is 10.0 Å². The summed E-state index contributed by atoms with van der Waals surface area (Å²) in [5, 5.41) is 4.68. The lowest BCUT2D eigenvalue weighted by Crippen LogP contribution is -2.18. The molecule has 1 atom stereocenters. The zero-order valence-electron chi connectivity index (χ0n) is 11.8. The molecule has 0 radical (unpaired) electrons. The molecule has 2 aromatic carbocycles. The van der Waals surface area contributed by atoms with Crippen molar-refractivity contribution in [3.8, 4) is 0 Å². The molecule has 0 aliphatic carbocycles. The van der Waals surface area contributed by atoms with E-state index in [0.29, 0.717) is 10.0 Å². The van der Waals surface area contributed by atoms with Gasteiger partial charge in [-0.2, -0.15) is 0 Å². The zero-order chi connectivity index (χ0) is 14.5. The first-order valence-corrected chi connectivity index (χ1v) is 7.63. The molecular formula is C17H19Cl2N. The Hall–Kier alpha value is -1.02. The maximum Gasteiger partial charge on any atom is 0.0603 e. The van der Waals surface area contributed by atoms with Crippen LogP contribution in [0.4, 0.5) is 0 Å². The van der Waals surface area contributed by atoms with E-state index in [9.17, 15) is 0 Å².